The Hall–Kier alpha value is -1.26. The van der Waals surface area contributed by atoms with Gasteiger partial charge in [-0.3, -0.25) is 9.89 Å². The van der Waals surface area contributed by atoms with Crippen LogP contribution in [0.5, 0.6) is 0 Å². The Bertz CT molecular complexity index is 640. The molecule has 1 aliphatic heterocycles. The molecule has 5 nitrogen and oxygen atoms in total. The highest BCUT2D eigenvalue weighted by atomic mass is 127. The van der Waals surface area contributed by atoms with E-state index >= 15 is 0 Å². The van der Waals surface area contributed by atoms with Crippen LogP contribution in [0.25, 0.3) is 0 Å². The van der Waals surface area contributed by atoms with E-state index in [9.17, 15) is 8.78 Å². The first-order valence-electron chi connectivity index (χ1n) is 9.94. The van der Waals surface area contributed by atoms with Gasteiger partial charge in [-0.15, -0.1) is 30.6 Å². The quantitative estimate of drug-likeness (QED) is 0.238. The summed E-state index contributed by atoms with van der Waals surface area (Å²) in [5, 5.41) is 6.72. The number of hydrogen-bond donors (Lipinski definition) is 2. The topological polar surface area (TPSA) is 42.9 Å². The zero-order valence-electron chi connectivity index (χ0n) is 17.6. The lowest BCUT2D eigenvalue weighted by molar-refractivity contribution is 0.225. The van der Waals surface area contributed by atoms with Gasteiger partial charge in [0, 0.05) is 37.8 Å². The fourth-order valence-corrected chi connectivity index (χ4v) is 3.48. The first kappa shape index (κ1) is 25.8. The fraction of sp³-hybridized carbons (Fsp3) is 0.571. The Morgan fingerprint density at radius 1 is 1.31 bits per heavy atom. The number of rotatable bonds is 8. The van der Waals surface area contributed by atoms with E-state index in [1.807, 2.05) is 27.1 Å². The molecule has 29 heavy (non-hydrogen) atoms. The van der Waals surface area contributed by atoms with Gasteiger partial charge >= 0.3 is 0 Å². The van der Waals surface area contributed by atoms with Crippen molar-refractivity contribution in [2.45, 2.75) is 31.8 Å². The third kappa shape index (κ3) is 7.82. The van der Waals surface area contributed by atoms with Crippen LogP contribution in [0.2, 0.25) is 0 Å². The number of piperidine rings is 1. The van der Waals surface area contributed by atoms with Crippen LogP contribution in [0.15, 0.2) is 35.8 Å². The molecule has 0 amide bonds. The first-order valence-corrected chi connectivity index (χ1v) is 9.94. The molecule has 0 bridgehead atoms. The number of likely N-dealkylation sites (N-methyl/N-ethyl adjacent to an activating group) is 1. The summed E-state index contributed by atoms with van der Waals surface area (Å²) < 4.78 is 28.5. The number of nitrogens with one attached hydrogen (secondary N) is 2. The van der Waals surface area contributed by atoms with Crippen molar-refractivity contribution in [3.05, 3.63) is 48.1 Å². The maximum atomic E-state index is 14.2. The van der Waals surface area contributed by atoms with E-state index in [0.29, 0.717) is 12.0 Å². The summed E-state index contributed by atoms with van der Waals surface area (Å²) in [6.07, 6.45) is 3.98. The van der Waals surface area contributed by atoms with Crippen molar-refractivity contribution in [1.29, 1.82) is 0 Å². The normalized spacial score (nSPS) is 17.0. The van der Waals surface area contributed by atoms with E-state index in [0.717, 1.165) is 39.0 Å². The maximum Gasteiger partial charge on any atom is 0.191 e. The molecule has 1 heterocycles. The maximum absolute atomic E-state index is 14.2. The van der Waals surface area contributed by atoms with E-state index in [1.165, 1.54) is 18.2 Å². The number of likely N-dealkylation sites (tertiary alicyclic amines) is 1. The Labute approximate surface area is 190 Å². The lowest BCUT2D eigenvalue weighted by Gasteiger charge is -2.32. The van der Waals surface area contributed by atoms with Gasteiger partial charge in [-0.05, 0) is 46.0 Å². The SMILES string of the molecule is C=CCN1CCC(NC(=NCC(c2c(F)cccc2F)N(C)C)NCC)CC1.I. The van der Waals surface area contributed by atoms with Gasteiger partial charge in [0.1, 0.15) is 11.6 Å². The summed E-state index contributed by atoms with van der Waals surface area (Å²) in [4.78, 5) is 8.80. The smallest absolute Gasteiger partial charge is 0.191 e. The molecule has 0 aromatic heterocycles. The molecule has 1 fully saturated rings. The van der Waals surface area contributed by atoms with Crippen LogP contribution < -0.4 is 10.6 Å². The van der Waals surface area contributed by atoms with Crippen LogP contribution in [-0.4, -0.2) is 68.6 Å². The summed E-state index contributed by atoms with van der Waals surface area (Å²) >= 11 is 0. The first-order chi connectivity index (χ1) is 13.5. The Balaban J connectivity index is 0.00000420. The number of aliphatic imine (C=N–C) groups is 1. The molecule has 2 rings (SSSR count). The van der Waals surface area contributed by atoms with Crippen LogP contribution in [0.4, 0.5) is 8.78 Å². The van der Waals surface area contributed by atoms with Crippen molar-refractivity contribution in [1.82, 2.24) is 20.4 Å². The minimum atomic E-state index is -0.540. The molecule has 1 atom stereocenters. The molecule has 1 aliphatic rings. The van der Waals surface area contributed by atoms with E-state index in [1.54, 1.807) is 4.90 Å². The predicted octanol–water partition coefficient (Wildman–Crippen LogP) is 3.39. The predicted molar refractivity (Wildman–Crippen MR) is 127 cm³/mol. The van der Waals surface area contributed by atoms with Gasteiger partial charge in [0.2, 0.25) is 0 Å². The van der Waals surface area contributed by atoms with Gasteiger partial charge in [0.05, 0.1) is 12.6 Å². The highest BCUT2D eigenvalue weighted by Crippen LogP contribution is 2.24. The van der Waals surface area contributed by atoms with Crippen molar-refractivity contribution in [2.24, 2.45) is 4.99 Å². The Kier molecular flexibility index (Phi) is 11.7. The molecule has 0 saturated carbocycles. The standard InChI is InChI=1S/C21H33F2N5.HI/c1-5-12-28-13-10-16(11-14-28)26-21(24-6-2)25-15-19(27(3)4)20-17(22)8-7-9-18(20)23;/h5,7-9,16,19H,1,6,10-15H2,2-4H3,(H2,24,25,26);1H. The molecule has 8 heteroatoms. The summed E-state index contributed by atoms with van der Waals surface area (Å²) in [6, 6.07) is 3.82. The summed E-state index contributed by atoms with van der Waals surface area (Å²) in [5.74, 6) is -0.392. The zero-order chi connectivity index (χ0) is 20.5. The Morgan fingerprint density at radius 3 is 2.45 bits per heavy atom. The molecule has 1 unspecified atom stereocenters. The van der Waals surface area contributed by atoms with Gasteiger partial charge in [-0.25, -0.2) is 8.78 Å². The molecule has 1 saturated heterocycles. The minimum absolute atomic E-state index is 0. The zero-order valence-corrected chi connectivity index (χ0v) is 20.0. The second-order valence-corrected chi connectivity index (χ2v) is 7.34. The monoisotopic (exact) mass is 521 g/mol. The average molecular weight is 521 g/mol. The van der Waals surface area contributed by atoms with Crippen LogP contribution in [-0.2, 0) is 0 Å². The molecule has 1 aromatic rings. The molecule has 0 aliphatic carbocycles. The van der Waals surface area contributed by atoms with E-state index in [-0.39, 0.29) is 36.1 Å². The van der Waals surface area contributed by atoms with Gasteiger partial charge in [0.15, 0.2) is 5.96 Å². The minimum Gasteiger partial charge on any atom is -0.357 e. The second-order valence-electron chi connectivity index (χ2n) is 7.34. The highest BCUT2D eigenvalue weighted by Gasteiger charge is 2.23. The number of hydrogen-bond acceptors (Lipinski definition) is 3. The fourth-order valence-electron chi connectivity index (χ4n) is 3.48. The van der Waals surface area contributed by atoms with Crippen LogP contribution in [0.1, 0.15) is 31.4 Å². The highest BCUT2D eigenvalue weighted by molar-refractivity contribution is 14.0. The van der Waals surface area contributed by atoms with Crippen LogP contribution in [0, 0.1) is 11.6 Å². The van der Waals surface area contributed by atoms with Gasteiger partial charge in [-0.2, -0.15) is 0 Å². The van der Waals surface area contributed by atoms with Gasteiger partial charge < -0.3 is 15.5 Å². The van der Waals surface area contributed by atoms with Crippen molar-refractivity contribution >= 4 is 29.9 Å². The third-order valence-corrected chi connectivity index (χ3v) is 5.04. The van der Waals surface area contributed by atoms with Gasteiger partial charge in [-0.1, -0.05) is 12.1 Å². The van der Waals surface area contributed by atoms with Crippen LogP contribution in [0.3, 0.4) is 0 Å². The lowest BCUT2D eigenvalue weighted by atomic mass is 10.0. The summed E-state index contributed by atoms with van der Waals surface area (Å²) in [5.41, 5.74) is 0.0600. The van der Waals surface area contributed by atoms with Crippen molar-refractivity contribution < 1.29 is 8.78 Å². The largest absolute Gasteiger partial charge is 0.357 e. The molecular weight excluding hydrogens is 487 g/mol. The molecular formula is C21H34F2IN5. The van der Waals surface area contributed by atoms with E-state index in [4.69, 9.17) is 0 Å². The molecule has 0 radical (unpaired) electrons. The lowest BCUT2D eigenvalue weighted by Crippen LogP contribution is -2.48. The summed E-state index contributed by atoms with van der Waals surface area (Å²) in [6.45, 7) is 9.73. The number of guanidine groups is 1. The Morgan fingerprint density at radius 2 is 1.93 bits per heavy atom. The summed E-state index contributed by atoms with van der Waals surface area (Å²) in [7, 11) is 3.61. The van der Waals surface area contributed by atoms with E-state index < -0.39 is 17.7 Å². The van der Waals surface area contributed by atoms with E-state index in [2.05, 4.69) is 27.1 Å². The molecule has 1 aromatic carbocycles. The average Bonchev–Trinajstić information content (AvgIpc) is 2.65. The van der Waals surface area contributed by atoms with Gasteiger partial charge in [0.25, 0.3) is 0 Å². The third-order valence-electron chi connectivity index (χ3n) is 5.04. The molecule has 0 spiro atoms. The number of benzene rings is 1. The van der Waals surface area contributed by atoms with Crippen LogP contribution >= 0.6 is 24.0 Å². The van der Waals surface area contributed by atoms with Crippen molar-refractivity contribution in [3.63, 3.8) is 0 Å². The number of nitrogens with zero attached hydrogens (tertiary/aromatic N) is 3. The number of halogens is 3. The van der Waals surface area contributed by atoms with Crippen molar-refractivity contribution in [2.75, 3.05) is 46.8 Å². The molecule has 164 valence electrons. The second kappa shape index (κ2) is 13.1. The van der Waals surface area contributed by atoms with Crippen molar-refractivity contribution in [3.8, 4) is 0 Å². The molecule has 2 N–H and O–H groups in total.